The molecule has 9 heavy (non-hydrogen) atoms. The van der Waals surface area contributed by atoms with Crippen molar-refractivity contribution in [2.75, 3.05) is 6.54 Å². The van der Waals surface area contributed by atoms with Crippen LogP contribution in [0.2, 0.25) is 0 Å². The van der Waals surface area contributed by atoms with Crippen LogP contribution in [0.5, 0.6) is 0 Å². The van der Waals surface area contributed by atoms with E-state index in [-0.39, 0.29) is 0 Å². The molecular formula is C6H13NO2. The van der Waals surface area contributed by atoms with Crippen molar-refractivity contribution < 1.29 is 9.90 Å². The van der Waals surface area contributed by atoms with E-state index < -0.39 is 6.09 Å². The minimum absolute atomic E-state index is 0.562. The molecule has 0 spiro atoms. The van der Waals surface area contributed by atoms with Gasteiger partial charge in [0.1, 0.15) is 0 Å². The van der Waals surface area contributed by atoms with Crippen molar-refractivity contribution in [2.45, 2.75) is 20.3 Å². The minimum Gasteiger partial charge on any atom is -0.465 e. The third-order valence-corrected chi connectivity index (χ3v) is 0.998. The lowest BCUT2D eigenvalue weighted by atomic mass is 10.1. The Labute approximate surface area is 55.1 Å². The summed E-state index contributed by atoms with van der Waals surface area (Å²) in [6.07, 6.45) is -0.0256. The summed E-state index contributed by atoms with van der Waals surface area (Å²) in [6, 6.07) is 0. The molecule has 2 N–H and O–H groups in total. The van der Waals surface area contributed by atoms with E-state index in [1.807, 2.05) is 0 Å². The van der Waals surface area contributed by atoms with Crippen LogP contribution in [0.25, 0.3) is 0 Å². The first kappa shape index (κ1) is 8.27. The van der Waals surface area contributed by atoms with E-state index >= 15 is 0 Å². The van der Waals surface area contributed by atoms with Crippen LogP contribution in [0.4, 0.5) is 4.79 Å². The van der Waals surface area contributed by atoms with Crippen molar-refractivity contribution >= 4 is 6.09 Å². The number of amides is 1. The van der Waals surface area contributed by atoms with Crippen molar-refractivity contribution in [1.29, 1.82) is 0 Å². The molecule has 0 radical (unpaired) electrons. The molecule has 0 bridgehead atoms. The fourth-order valence-electron chi connectivity index (χ4n) is 0.468. The smallest absolute Gasteiger partial charge is 0.404 e. The molecule has 3 heteroatoms. The first-order chi connectivity index (χ1) is 4.13. The van der Waals surface area contributed by atoms with Crippen LogP contribution in [0.15, 0.2) is 0 Å². The van der Waals surface area contributed by atoms with Gasteiger partial charge in [-0.15, -0.1) is 0 Å². The van der Waals surface area contributed by atoms with E-state index in [4.69, 9.17) is 5.11 Å². The fourth-order valence-corrected chi connectivity index (χ4v) is 0.468. The zero-order valence-corrected chi connectivity index (χ0v) is 5.85. The molecule has 1 amide bonds. The van der Waals surface area contributed by atoms with Crippen LogP contribution in [0.1, 0.15) is 20.3 Å². The lowest BCUT2D eigenvalue weighted by Crippen LogP contribution is -2.22. The van der Waals surface area contributed by atoms with Crippen molar-refractivity contribution in [1.82, 2.24) is 5.32 Å². The second kappa shape index (κ2) is 4.18. The average molecular weight is 131 g/mol. The Morgan fingerprint density at radius 2 is 2.22 bits per heavy atom. The molecule has 0 saturated carbocycles. The van der Waals surface area contributed by atoms with Crippen LogP contribution in [-0.4, -0.2) is 17.7 Å². The van der Waals surface area contributed by atoms with Crippen LogP contribution in [0, 0.1) is 5.92 Å². The van der Waals surface area contributed by atoms with Gasteiger partial charge < -0.3 is 10.4 Å². The highest BCUT2D eigenvalue weighted by molar-refractivity contribution is 5.64. The van der Waals surface area contributed by atoms with Crippen LogP contribution >= 0.6 is 0 Å². The molecule has 0 unspecified atom stereocenters. The Kier molecular flexibility index (Phi) is 3.84. The summed E-state index contributed by atoms with van der Waals surface area (Å²) < 4.78 is 0. The highest BCUT2D eigenvalue weighted by atomic mass is 16.4. The van der Waals surface area contributed by atoms with Gasteiger partial charge in [-0.1, -0.05) is 13.8 Å². The van der Waals surface area contributed by atoms with Gasteiger partial charge in [-0.3, -0.25) is 0 Å². The molecule has 0 rings (SSSR count). The molecule has 0 aliphatic carbocycles. The summed E-state index contributed by atoms with van der Waals surface area (Å²) in [5.41, 5.74) is 0. The topological polar surface area (TPSA) is 49.3 Å². The second-order valence-corrected chi connectivity index (χ2v) is 2.41. The van der Waals surface area contributed by atoms with Crippen molar-refractivity contribution in [3.63, 3.8) is 0 Å². The Balaban J connectivity index is 3.01. The fraction of sp³-hybridized carbons (Fsp3) is 0.833. The number of hydrogen-bond donors (Lipinski definition) is 2. The normalized spacial score (nSPS) is 9.67. The van der Waals surface area contributed by atoms with Crippen LogP contribution in [-0.2, 0) is 0 Å². The Hall–Kier alpha value is -0.730. The standard InChI is InChI=1S/C6H13NO2/c1-5(2)3-4-7-6(8)9/h5,7H,3-4H2,1-2H3,(H,8,9). The van der Waals surface area contributed by atoms with E-state index in [0.29, 0.717) is 12.5 Å². The first-order valence-electron chi connectivity index (χ1n) is 3.09. The lowest BCUT2D eigenvalue weighted by Gasteiger charge is -2.02. The zero-order valence-electron chi connectivity index (χ0n) is 5.85. The summed E-state index contributed by atoms with van der Waals surface area (Å²) in [5.74, 6) is 0.567. The Morgan fingerprint density at radius 3 is 2.56 bits per heavy atom. The molecule has 54 valence electrons. The van der Waals surface area contributed by atoms with E-state index in [9.17, 15) is 4.79 Å². The maximum Gasteiger partial charge on any atom is 0.404 e. The molecule has 0 aromatic carbocycles. The number of hydrogen-bond acceptors (Lipinski definition) is 1. The van der Waals surface area contributed by atoms with Gasteiger partial charge in [-0.05, 0) is 12.3 Å². The molecule has 0 aliphatic rings. The predicted molar refractivity (Wildman–Crippen MR) is 35.5 cm³/mol. The molecule has 0 aromatic rings. The van der Waals surface area contributed by atoms with Gasteiger partial charge in [-0.25, -0.2) is 4.79 Å². The zero-order chi connectivity index (χ0) is 7.28. The first-order valence-corrected chi connectivity index (χ1v) is 3.09. The van der Waals surface area contributed by atoms with Gasteiger partial charge >= 0.3 is 6.09 Å². The van der Waals surface area contributed by atoms with E-state index in [0.717, 1.165) is 6.42 Å². The summed E-state index contributed by atoms with van der Waals surface area (Å²) in [5, 5.41) is 10.4. The SMILES string of the molecule is CC(C)CCNC(=O)O. The van der Waals surface area contributed by atoms with Crippen molar-refractivity contribution in [2.24, 2.45) is 5.92 Å². The third-order valence-electron chi connectivity index (χ3n) is 0.998. The highest BCUT2D eigenvalue weighted by Crippen LogP contribution is 1.95. The summed E-state index contributed by atoms with van der Waals surface area (Å²) in [6.45, 7) is 4.68. The number of nitrogens with one attached hydrogen (secondary N) is 1. The number of carbonyl (C=O) groups is 1. The monoisotopic (exact) mass is 131 g/mol. The quantitative estimate of drug-likeness (QED) is 0.606. The number of carboxylic acid groups (broad SMARTS) is 1. The van der Waals surface area contributed by atoms with Crippen molar-refractivity contribution in [3.8, 4) is 0 Å². The minimum atomic E-state index is -0.935. The van der Waals surface area contributed by atoms with Crippen LogP contribution < -0.4 is 5.32 Å². The van der Waals surface area contributed by atoms with E-state index in [1.165, 1.54) is 0 Å². The van der Waals surface area contributed by atoms with Gasteiger partial charge in [0.05, 0.1) is 0 Å². The maximum absolute atomic E-state index is 9.87. The van der Waals surface area contributed by atoms with Gasteiger partial charge in [0, 0.05) is 6.54 Å². The highest BCUT2D eigenvalue weighted by Gasteiger charge is 1.95. The summed E-state index contributed by atoms with van der Waals surface area (Å²) in [4.78, 5) is 9.87. The van der Waals surface area contributed by atoms with Gasteiger partial charge in [0.15, 0.2) is 0 Å². The Bertz CT molecular complexity index is 91.1. The maximum atomic E-state index is 9.87. The predicted octanol–water partition coefficient (Wildman–Crippen LogP) is 1.30. The molecule has 0 aliphatic heterocycles. The van der Waals surface area contributed by atoms with Crippen molar-refractivity contribution in [3.05, 3.63) is 0 Å². The number of rotatable bonds is 3. The van der Waals surface area contributed by atoms with Gasteiger partial charge in [0.25, 0.3) is 0 Å². The molecule has 0 atom stereocenters. The summed E-state index contributed by atoms with van der Waals surface area (Å²) in [7, 11) is 0. The van der Waals surface area contributed by atoms with Gasteiger partial charge in [0.2, 0.25) is 0 Å². The molecule has 0 heterocycles. The Morgan fingerprint density at radius 1 is 1.67 bits per heavy atom. The van der Waals surface area contributed by atoms with Crippen LogP contribution in [0.3, 0.4) is 0 Å². The molecule has 0 aromatic heterocycles. The molecule has 3 nitrogen and oxygen atoms in total. The average Bonchev–Trinajstić information content (AvgIpc) is 1.63. The molecular weight excluding hydrogens is 118 g/mol. The molecule has 0 saturated heterocycles. The largest absolute Gasteiger partial charge is 0.465 e. The van der Waals surface area contributed by atoms with E-state index in [2.05, 4.69) is 19.2 Å². The summed E-state index contributed by atoms with van der Waals surface area (Å²) >= 11 is 0. The third kappa shape index (κ3) is 7.27. The second-order valence-electron chi connectivity index (χ2n) is 2.41. The van der Waals surface area contributed by atoms with Gasteiger partial charge in [-0.2, -0.15) is 0 Å². The molecule has 0 fully saturated rings. The van der Waals surface area contributed by atoms with E-state index in [1.54, 1.807) is 0 Å². The lowest BCUT2D eigenvalue weighted by molar-refractivity contribution is 0.194.